The van der Waals surface area contributed by atoms with E-state index in [1.54, 1.807) is 18.3 Å². The number of hydrogen-bond donors (Lipinski definition) is 3. The fraction of sp³-hybridized carbons (Fsp3) is 0.643. The van der Waals surface area contributed by atoms with E-state index in [4.69, 9.17) is 0 Å². The Morgan fingerprint density at radius 1 is 1.50 bits per heavy atom. The molecule has 0 radical (unpaired) electrons. The molecule has 0 saturated heterocycles. The molecule has 0 aliphatic carbocycles. The highest BCUT2D eigenvalue weighted by atomic mass is 32.2. The minimum Gasteiger partial charge on any atom is -0.383 e. The van der Waals surface area contributed by atoms with Crippen LogP contribution in [0.4, 0.5) is 0 Å². The number of aliphatic hydroxyl groups is 1. The van der Waals surface area contributed by atoms with E-state index in [1.165, 1.54) is 0 Å². The average Bonchev–Trinajstić information content (AvgIpc) is 2.95. The third-order valence-electron chi connectivity index (χ3n) is 2.76. The first-order chi connectivity index (χ1) is 9.60. The molecule has 0 aliphatic heterocycles. The first kappa shape index (κ1) is 17.3. The largest absolute Gasteiger partial charge is 0.383 e. The summed E-state index contributed by atoms with van der Waals surface area (Å²) in [5.74, 6) is 1.91. The van der Waals surface area contributed by atoms with Crippen LogP contribution < -0.4 is 10.6 Å². The van der Waals surface area contributed by atoms with Crippen molar-refractivity contribution in [1.82, 2.24) is 10.6 Å². The summed E-state index contributed by atoms with van der Waals surface area (Å²) in [7, 11) is 0. The standard InChI is InChI=1S/C14H25N3OS2/c1-4-15-13(16-8-6-9-19-3)17-11-14(2,18)12-7-5-10-20-12/h5,7,10,18H,4,6,8-9,11H2,1-3H3,(H2,15,16,17). The first-order valence-corrected chi connectivity index (χ1v) is 9.15. The predicted octanol–water partition coefficient (Wildman–Crippen LogP) is 2.26. The van der Waals surface area contributed by atoms with Crippen molar-refractivity contribution in [2.75, 3.05) is 31.6 Å². The Balaban J connectivity index is 2.53. The fourth-order valence-electron chi connectivity index (χ4n) is 1.66. The lowest BCUT2D eigenvalue weighted by atomic mass is 10.1. The van der Waals surface area contributed by atoms with Crippen molar-refractivity contribution in [3.63, 3.8) is 0 Å². The number of thiophene rings is 1. The van der Waals surface area contributed by atoms with Crippen LogP contribution in [0.15, 0.2) is 22.5 Å². The molecule has 0 saturated carbocycles. The Morgan fingerprint density at radius 2 is 2.30 bits per heavy atom. The number of aliphatic imine (C=N–C) groups is 1. The molecule has 1 rings (SSSR count). The number of rotatable bonds is 8. The number of hydrogen-bond acceptors (Lipinski definition) is 4. The fourth-order valence-corrected chi connectivity index (χ4v) is 2.87. The van der Waals surface area contributed by atoms with Gasteiger partial charge in [0.05, 0.1) is 6.54 Å². The molecule has 1 aromatic rings. The third kappa shape index (κ3) is 6.15. The zero-order valence-electron chi connectivity index (χ0n) is 12.5. The molecule has 0 spiro atoms. The molecule has 114 valence electrons. The maximum Gasteiger partial charge on any atom is 0.191 e. The molecule has 0 bridgehead atoms. The molecule has 1 atom stereocenters. The molecule has 1 unspecified atom stereocenters. The second-order valence-corrected chi connectivity index (χ2v) is 6.65. The van der Waals surface area contributed by atoms with Gasteiger partial charge in [-0.15, -0.1) is 11.3 Å². The van der Waals surface area contributed by atoms with Crippen molar-refractivity contribution in [1.29, 1.82) is 0 Å². The van der Waals surface area contributed by atoms with Gasteiger partial charge in [0, 0.05) is 18.0 Å². The van der Waals surface area contributed by atoms with Crippen LogP contribution >= 0.6 is 23.1 Å². The molecule has 1 aromatic heterocycles. The van der Waals surface area contributed by atoms with Crippen LogP contribution in [0, 0.1) is 0 Å². The second-order valence-electron chi connectivity index (χ2n) is 4.72. The van der Waals surface area contributed by atoms with Gasteiger partial charge < -0.3 is 15.7 Å². The van der Waals surface area contributed by atoms with Crippen molar-refractivity contribution in [2.45, 2.75) is 25.9 Å². The molecule has 1 heterocycles. The molecular formula is C14H25N3OS2. The number of nitrogens with one attached hydrogen (secondary N) is 2. The zero-order valence-corrected chi connectivity index (χ0v) is 14.1. The van der Waals surface area contributed by atoms with Crippen LogP contribution in [0.1, 0.15) is 25.1 Å². The lowest BCUT2D eigenvalue weighted by Crippen LogP contribution is -2.39. The minimum atomic E-state index is -0.907. The van der Waals surface area contributed by atoms with Crippen molar-refractivity contribution < 1.29 is 5.11 Å². The van der Waals surface area contributed by atoms with Gasteiger partial charge in [0.1, 0.15) is 5.60 Å². The Morgan fingerprint density at radius 3 is 2.90 bits per heavy atom. The van der Waals surface area contributed by atoms with E-state index in [-0.39, 0.29) is 0 Å². The lowest BCUT2D eigenvalue weighted by Gasteiger charge is -2.20. The maximum atomic E-state index is 10.4. The SMILES string of the molecule is CCNC(=NCC(C)(O)c1cccs1)NCCCSC. The Hall–Kier alpha value is -0.720. The lowest BCUT2D eigenvalue weighted by molar-refractivity contribution is 0.0711. The summed E-state index contributed by atoms with van der Waals surface area (Å²) < 4.78 is 0. The molecule has 0 fully saturated rings. The normalized spacial score (nSPS) is 14.9. The van der Waals surface area contributed by atoms with Crippen molar-refractivity contribution >= 4 is 29.1 Å². The number of guanidine groups is 1. The van der Waals surface area contributed by atoms with Crippen LogP contribution in [0.5, 0.6) is 0 Å². The molecule has 0 amide bonds. The van der Waals surface area contributed by atoms with Crippen LogP contribution in [-0.2, 0) is 5.60 Å². The average molecular weight is 316 g/mol. The van der Waals surface area contributed by atoms with E-state index in [9.17, 15) is 5.11 Å². The maximum absolute atomic E-state index is 10.4. The van der Waals surface area contributed by atoms with Crippen molar-refractivity contribution in [3.8, 4) is 0 Å². The van der Waals surface area contributed by atoms with Gasteiger partial charge in [-0.25, -0.2) is 4.99 Å². The summed E-state index contributed by atoms with van der Waals surface area (Å²) >= 11 is 3.40. The van der Waals surface area contributed by atoms with E-state index >= 15 is 0 Å². The van der Waals surface area contributed by atoms with Gasteiger partial charge in [0.25, 0.3) is 0 Å². The molecule has 6 heteroatoms. The van der Waals surface area contributed by atoms with Crippen LogP contribution in [0.3, 0.4) is 0 Å². The van der Waals surface area contributed by atoms with E-state index < -0.39 is 5.60 Å². The molecule has 4 nitrogen and oxygen atoms in total. The van der Waals surface area contributed by atoms with Crippen molar-refractivity contribution in [2.24, 2.45) is 4.99 Å². The Kier molecular flexibility index (Phi) is 8.02. The smallest absolute Gasteiger partial charge is 0.191 e. The van der Waals surface area contributed by atoms with Gasteiger partial charge in [-0.1, -0.05) is 6.07 Å². The van der Waals surface area contributed by atoms with Gasteiger partial charge in [0.2, 0.25) is 0 Å². The first-order valence-electron chi connectivity index (χ1n) is 6.87. The summed E-state index contributed by atoms with van der Waals surface area (Å²) in [6, 6.07) is 3.89. The highest BCUT2D eigenvalue weighted by molar-refractivity contribution is 7.98. The number of thioether (sulfide) groups is 1. The van der Waals surface area contributed by atoms with Crippen LogP contribution in [0.25, 0.3) is 0 Å². The predicted molar refractivity (Wildman–Crippen MR) is 90.9 cm³/mol. The van der Waals surface area contributed by atoms with Gasteiger partial charge in [-0.3, -0.25) is 0 Å². The van der Waals surface area contributed by atoms with Gasteiger partial charge in [-0.2, -0.15) is 11.8 Å². The highest BCUT2D eigenvalue weighted by Gasteiger charge is 2.23. The molecule has 20 heavy (non-hydrogen) atoms. The molecule has 0 aliphatic rings. The molecule has 0 aromatic carbocycles. The molecule has 3 N–H and O–H groups in total. The van der Waals surface area contributed by atoms with E-state index in [0.717, 1.165) is 36.1 Å². The van der Waals surface area contributed by atoms with E-state index in [2.05, 4.69) is 21.9 Å². The van der Waals surface area contributed by atoms with Crippen molar-refractivity contribution in [3.05, 3.63) is 22.4 Å². The van der Waals surface area contributed by atoms with Gasteiger partial charge >= 0.3 is 0 Å². The second kappa shape index (κ2) is 9.26. The topological polar surface area (TPSA) is 56.7 Å². The summed E-state index contributed by atoms with van der Waals surface area (Å²) in [5, 5.41) is 18.9. The number of nitrogens with zero attached hydrogens (tertiary/aromatic N) is 1. The van der Waals surface area contributed by atoms with Crippen LogP contribution in [0.2, 0.25) is 0 Å². The summed E-state index contributed by atoms with van der Waals surface area (Å²) in [6.45, 7) is 5.91. The summed E-state index contributed by atoms with van der Waals surface area (Å²) in [6.07, 6.45) is 3.21. The third-order valence-corrected chi connectivity index (χ3v) is 4.58. The Bertz CT molecular complexity index is 391. The quantitative estimate of drug-likeness (QED) is 0.391. The van der Waals surface area contributed by atoms with E-state index in [1.807, 2.05) is 36.2 Å². The molecular weight excluding hydrogens is 290 g/mol. The zero-order chi connectivity index (χ0) is 14.8. The summed E-state index contributed by atoms with van der Waals surface area (Å²) in [4.78, 5) is 5.43. The van der Waals surface area contributed by atoms with E-state index in [0.29, 0.717) is 6.54 Å². The van der Waals surface area contributed by atoms with Gasteiger partial charge in [0.15, 0.2) is 5.96 Å². The Labute approximate surface area is 130 Å². The monoisotopic (exact) mass is 315 g/mol. The summed E-state index contributed by atoms with van der Waals surface area (Å²) in [5.41, 5.74) is -0.907. The minimum absolute atomic E-state index is 0.353. The van der Waals surface area contributed by atoms with Gasteiger partial charge in [-0.05, 0) is 43.7 Å². The highest BCUT2D eigenvalue weighted by Crippen LogP contribution is 2.25. The van der Waals surface area contributed by atoms with Crippen LogP contribution in [-0.4, -0.2) is 42.7 Å².